The van der Waals surface area contributed by atoms with Gasteiger partial charge in [0.2, 0.25) is 15.9 Å². The van der Waals surface area contributed by atoms with Crippen LogP contribution in [0.15, 0.2) is 75.5 Å². The topological polar surface area (TPSA) is 143 Å². The third kappa shape index (κ3) is 6.94. The number of nitrogens with zero attached hydrogens (tertiary/aromatic N) is 2. The van der Waals surface area contributed by atoms with Crippen LogP contribution in [0.3, 0.4) is 0 Å². The third-order valence-electron chi connectivity index (χ3n) is 6.87. The number of amides is 1. The van der Waals surface area contributed by atoms with Crippen LogP contribution in [0.4, 0.5) is 5.69 Å². The number of thioether (sulfide) groups is 1. The van der Waals surface area contributed by atoms with Crippen molar-refractivity contribution in [1.82, 2.24) is 9.55 Å². The Balaban J connectivity index is 1.72. The van der Waals surface area contributed by atoms with Crippen LogP contribution in [0, 0.1) is 0 Å². The molecule has 0 aliphatic heterocycles. The van der Waals surface area contributed by atoms with Crippen LogP contribution in [0.25, 0.3) is 10.9 Å². The molecule has 4 rings (SSSR count). The van der Waals surface area contributed by atoms with Crippen LogP contribution in [-0.4, -0.2) is 43.3 Å². The molecule has 222 valence electrons. The molecule has 3 aromatic carbocycles. The Bertz CT molecular complexity index is 1750. The first kappa shape index (κ1) is 31.1. The summed E-state index contributed by atoms with van der Waals surface area (Å²) in [4.78, 5) is 32.1. The summed E-state index contributed by atoms with van der Waals surface area (Å²) in [5.41, 5.74) is 2.71. The van der Waals surface area contributed by atoms with E-state index in [9.17, 15) is 18.0 Å². The smallest absolute Gasteiger partial charge is 0.262 e. The molecule has 1 aromatic heterocycles. The van der Waals surface area contributed by atoms with E-state index in [1.165, 1.54) is 38.1 Å². The summed E-state index contributed by atoms with van der Waals surface area (Å²) < 4.78 is 35.7. The van der Waals surface area contributed by atoms with Crippen molar-refractivity contribution in [2.24, 2.45) is 5.14 Å². The van der Waals surface area contributed by atoms with Crippen LogP contribution >= 0.6 is 11.8 Å². The van der Waals surface area contributed by atoms with E-state index in [1.807, 2.05) is 38.1 Å². The number of primary sulfonamides is 1. The SMILES string of the molecule is CCc1ccccc1NC(=O)C(CC)Sc1nc2cc(OC)c(OC)cc2c(=O)n1CCc1ccc(S(N)(=O)=O)cc1. The Morgan fingerprint density at radius 3 is 2.33 bits per heavy atom. The average molecular weight is 611 g/mol. The van der Waals surface area contributed by atoms with E-state index in [4.69, 9.17) is 19.6 Å². The molecule has 0 radical (unpaired) electrons. The predicted octanol–water partition coefficient (Wildman–Crippen LogP) is 4.38. The normalized spacial score (nSPS) is 12.2. The minimum atomic E-state index is -3.82. The number of anilines is 1. The fraction of sp³-hybridized carbons (Fsp3) is 0.300. The van der Waals surface area contributed by atoms with Gasteiger partial charge in [0.25, 0.3) is 5.56 Å². The predicted molar refractivity (Wildman–Crippen MR) is 165 cm³/mol. The van der Waals surface area contributed by atoms with Gasteiger partial charge < -0.3 is 14.8 Å². The number of ether oxygens (including phenoxy) is 2. The molecular formula is C30H34N4O6S2. The number of para-hydroxylation sites is 1. The highest BCUT2D eigenvalue weighted by Crippen LogP contribution is 2.32. The largest absolute Gasteiger partial charge is 0.493 e. The number of aromatic nitrogens is 2. The van der Waals surface area contributed by atoms with E-state index in [1.54, 1.807) is 28.8 Å². The lowest BCUT2D eigenvalue weighted by Gasteiger charge is -2.19. The van der Waals surface area contributed by atoms with Crippen molar-refractivity contribution >= 4 is 44.3 Å². The van der Waals surface area contributed by atoms with Crippen molar-refractivity contribution in [3.63, 3.8) is 0 Å². The zero-order valence-electron chi connectivity index (χ0n) is 23.9. The second kappa shape index (κ2) is 13.4. The maximum Gasteiger partial charge on any atom is 0.262 e. The van der Waals surface area contributed by atoms with Gasteiger partial charge in [-0.05, 0) is 54.7 Å². The van der Waals surface area contributed by atoms with Gasteiger partial charge in [0.1, 0.15) is 0 Å². The van der Waals surface area contributed by atoms with Gasteiger partial charge in [0, 0.05) is 18.3 Å². The van der Waals surface area contributed by atoms with E-state index in [-0.39, 0.29) is 22.9 Å². The van der Waals surface area contributed by atoms with Gasteiger partial charge in [-0.3, -0.25) is 14.2 Å². The number of hydrogen-bond acceptors (Lipinski definition) is 8. The number of methoxy groups -OCH3 is 2. The zero-order valence-corrected chi connectivity index (χ0v) is 25.6. The number of sulfonamides is 1. The Morgan fingerprint density at radius 2 is 1.71 bits per heavy atom. The van der Waals surface area contributed by atoms with Gasteiger partial charge in [-0.2, -0.15) is 0 Å². The molecule has 12 heteroatoms. The summed E-state index contributed by atoms with van der Waals surface area (Å²) in [6.07, 6.45) is 1.68. The lowest BCUT2D eigenvalue weighted by atomic mass is 10.1. The summed E-state index contributed by atoms with van der Waals surface area (Å²) in [5, 5.41) is 8.46. The zero-order chi connectivity index (χ0) is 30.4. The summed E-state index contributed by atoms with van der Waals surface area (Å²) >= 11 is 1.22. The lowest BCUT2D eigenvalue weighted by molar-refractivity contribution is -0.115. The van der Waals surface area contributed by atoms with E-state index in [0.717, 1.165) is 23.2 Å². The Kier molecular flexibility index (Phi) is 9.92. The maximum absolute atomic E-state index is 13.9. The van der Waals surface area contributed by atoms with Crippen LogP contribution in [0.5, 0.6) is 11.5 Å². The molecule has 10 nitrogen and oxygen atoms in total. The molecule has 0 fully saturated rings. The monoisotopic (exact) mass is 610 g/mol. The van der Waals surface area contributed by atoms with Crippen molar-refractivity contribution in [1.29, 1.82) is 0 Å². The third-order valence-corrected chi connectivity index (χ3v) is 9.15. The summed E-state index contributed by atoms with van der Waals surface area (Å²) in [5.74, 6) is 0.645. The summed E-state index contributed by atoms with van der Waals surface area (Å²) in [7, 11) is -0.818. The van der Waals surface area contributed by atoms with Crippen molar-refractivity contribution in [3.05, 3.63) is 82.1 Å². The molecule has 3 N–H and O–H groups in total. The van der Waals surface area contributed by atoms with Crippen LogP contribution < -0.4 is 25.5 Å². The number of rotatable bonds is 12. The van der Waals surface area contributed by atoms with Gasteiger partial charge in [0.05, 0.1) is 35.3 Å². The van der Waals surface area contributed by atoms with E-state index in [2.05, 4.69) is 5.32 Å². The highest BCUT2D eigenvalue weighted by molar-refractivity contribution is 8.00. The second-order valence-corrected chi connectivity index (χ2v) is 12.3. The second-order valence-electron chi connectivity index (χ2n) is 9.53. The molecule has 42 heavy (non-hydrogen) atoms. The van der Waals surface area contributed by atoms with E-state index < -0.39 is 15.3 Å². The molecule has 1 heterocycles. The standard InChI is InChI=1S/C30H34N4O6S2/c1-5-20-9-7-8-10-23(20)32-28(35)27(6-2)41-30-33-24-18-26(40-4)25(39-3)17-22(24)29(36)34(30)16-15-19-11-13-21(14-12-19)42(31,37)38/h7-14,17-18,27H,5-6,15-16H2,1-4H3,(H,32,35)(H2,31,37,38). The molecule has 0 spiro atoms. The molecule has 0 aliphatic carbocycles. The van der Waals surface area contributed by atoms with Crippen molar-refractivity contribution in [2.75, 3.05) is 19.5 Å². The number of aryl methyl sites for hydroxylation is 2. The van der Waals surface area contributed by atoms with Crippen molar-refractivity contribution in [2.45, 2.75) is 55.0 Å². The maximum atomic E-state index is 13.9. The Hall–Kier alpha value is -3.87. The first-order valence-corrected chi connectivity index (χ1v) is 15.9. The van der Waals surface area contributed by atoms with Crippen LogP contribution in [0.1, 0.15) is 31.4 Å². The van der Waals surface area contributed by atoms with Gasteiger partial charge in [-0.1, -0.05) is 55.9 Å². The molecule has 1 atom stereocenters. The summed E-state index contributed by atoms with van der Waals surface area (Å²) in [6.45, 7) is 4.18. The van der Waals surface area contributed by atoms with Crippen LogP contribution in [0.2, 0.25) is 0 Å². The molecule has 1 unspecified atom stereocenters. The van der Waals surface area contributed by atoms with Gasteiger partial charge in [-0.25, -0.2) is 18.5 Å². The number of nitrogens with one attached hydrogen (secondary N) is 1. The van der Waals surface area contributed by atoms with Crippen molar-refractivity contribution in [3.8, 4) is 11.5 Å². The van der Waals surface area contributed by atoms with Gasteiger partial charge >= 0.3 is 0 Å². The molecular weight excluding hydrogens is 576 g/mol. The van der Waals surface area contributed by atoms with Crippen molar-refractivity contribution < 1.29 is 22.7 Å². The van der Waals surface area contributed by atoms with E-state index in [0.29, 0.717) is 40.4 Å². The molecule has 1 amide bonds. The van der Waals surface area contributed by atoms with E-state index >= 15 is 0 Å². The Labute approximate surface area is 249 Å². The number of hydrogen-bond donors (Lipinski definition) is 2. The number of nitrogens with two attached hydrogens (primary N) is 1. The minimum absolute atomic E-state index is 0.00882. The molecule has 4 aromatic rings. The number of benzene rings is 3. The number of carbonyl (C=O) groups excluding carboxylic acids is 1. The van der Waals surface area contributed by atoms with Gasteiger partial charge in [0.15, 0.2) is 16.7 Å². The fourth-order valence-electron chi connectivity index (χ4n) is 4.51. The number of fused-ring (bicyclic) bond motifs is 1. The summed E-state index contributed by atoms with van der Waals surface area (Å²) in [6, 6.07) is 17.1. The quantitative estimate of drug-likeness (QED) is 0.178. The molecule has 0 saturated heterocycles. The van der Waals surface area contributed by atoms with Crippen LogP contribution in [-0.2, 0) is 34.2 Å². The average Bonchev–Trinajstić information content (AvgIpc) is 2.98. The first-order valence-electron chi connectivity index (χ1n) is 13.4. The minimum Gasteiger partial charge on any atom is -0.493 e. The highest BCUT2D eigenvalue weighted by Gasteiger charge is 2.23. The molecule has 0 aliphatic rings. The molecule has 0 saturated carbocycles. The lowest BCUT2D eigenvalue weighted by Crippen LogP contribution is -2.29. The molecule has 0 bridgehead atoms. The Morgan fingerprint density at radius 1 is 1.05 bits per heavy atom. The first-order chi connectivity index (χ1) is 20.1. The number of carbonyl (C=O) groups is 1. The highest BCUT2D eigenvalue weighted by atomic mass is 32.2. The van der Waals surface area contributed by atoms with Gasteiger partial charge in [-0.15, -0.1) is 0 Å². The fourth-order valence-corrected chi connectivity index (χ4v) is 6.07.